The molecule has 0 bridgehead atoms. The van der Waals surface area contributed by atoms with E-state index in [1.54, 1.807) is 0 Å². The van der Waals surface area contributed by atoms with E-state index in [1.807, 2.05) is 0 Å². The summed E-state index contributed by atoms with van der Waals surface area (Å²) in [6.45, 7) is 0. The lowest BCUT2D eigenvalue weighted by Crippen LogP contribution is -2.15. The monoisotopic (exact) mass is 322 g/mol. The normalized spacial score (nSPS) is 11.4. The van der Waals surface area contributed by atoms with E-state index in [0.29, 0.717) is 0 Å². The SMILES string of the molecule is O=C(Nc1cc(C(F)(F)F)ccc1-n1cncn1)c1ccoc1. The number of hydrogen-bond acceptors (Lipinski definition) is 4. The standard InChI is InChI=1S/C14H9F3N4O2/c15-14(16,17)10-1-2-12(21-8-18-7-19-21)11(5-10)20-13(22)9-3-4-23-6-9/h1-8H,(H,20,22). The molecule has 0 radical (unpaired) electrons. The number of carbonyl (C=O) groups is 1. The van der Waals surface area contributed by atoms with Gasteiger partial charge in [-0.1, -0.05) is 0 Å². The molecule has 1 N–H and O–H groups in total. The zero-order valence-electron chi connectivity index (χ0n) is 11.4. The second kappa shape index (κ2) is 5.59. The van der Waals surface area contributed by atoms with Crippen molar-refractivity contribution in [2.75, 3.05) is 5.32 Å². The summed E-state index contributed by atoms with van der Waals surface area (Å²) in [6.07, 6.45) is 0.503. The van der Waals surface area contributed by atoms with E-state index in [2.05, 4.69) is 15.4 Å². The van der Waals surface area contributed by atoms with Crippen molar-refractivity contribution in [2.45, 2.75) is 6.18 Å². The van der Waals surface area contributed by atoms with Crippen molar-refractivity contribution in [3.63, 3.8) is 0 Å². The quantitative estimate of drug-likeness (QED) is 0.804. The molecule has 23 heavy (non-hydrogen) atoms. The van der Waals surface area contributed by atoms with Crippen molar-refractivity contribution in [1.29, 1.82) is 0 Å². The summed E-state index contributed by atoms with van der Waals surface area (Å²) in [6, 6.07) is 4.36. The Kier molecular flexibility index (Phi) is 3.61. The number of nitrogens with zero attached hydrogens (tertiary/aromatic N) is 3. The number of hydrogen-bond donors (Lipinski definition) is 1. The molecule has 0 aliphatic carbocycles. The number of alkyl halides is 3. The zero-order chi connectivity index (χ0) is 16.4. The third-order valence-electron chi connectivity index (χ3n) is 3.02. The van der Waals surface area contributed by atoms with Crippen LogP contribution in [0.15, 0.2) is 53.9 Å². The van der Waals surface area contributed by atoms with Gasteiger partial charge >= 0.3 is 6.18 Å². The molecule has 1 amide bonds. The van der Waals surface area contributed by atoms with Crippen LogP contribution in [0.4, 0.5) is 18.9 Å². The van der Waals surface area contributed by atoms with Crippen molar-refractivity contribution in [3.8, 4) is 5.69 Å². The number of nitrogens with one attached hydrogen (secondary N) is 1. The zero-order valence-corrected chi connectivity index (χ0v) is 11.4. The van der Waals surface area contributed by atoms with Crippen LogP contribution in [-0.2, 0) is 6.18 Å². The Morgan fingerprint density at radius 1 is 1.26 bits per heavy atom. The summed E-state index contributed by atoms with van der Waals surface area (Å²) < 4.78 is 44.7. The van der Waals surface area contributed by atoms with Crippen LogP contribution in [0.5, 0.6) is 0 Å². The van der Waals surface area contributed by atoms with E-state index in [0.717, 1.165) is 12.1 Å². The summed E-state index contributed by atoms with van der Waals surface area (Å²) in [7, 11) is 0. The fourth-order valence-electron chi connectivity index (χ4n) is 1.93. The third kappa shape index (κ3) is 3.07. The van der Waals surface area contributed by atoms with E-state index in [9.17, 15) is 18.0 Å². The highest BCUT2D eigenvalue weighted by molar-refractivity contribution is 6.05. The van der Waals surface area contributed by atoms with Crippen molar-refractivity contribution in [3.05, 3.63) is 60.6 Å². The number of amides is 1. The number of halogens is 3. The molecule has 0 aliphatic heterocycles. The van der Waals surface area contributed by atoms with Gasteiger partial charge < -0.3 is 9.73 Å². The molecule has 3 rings (SSSR count). The smallest absolute Gasteiger partial charge is 0.416 e. The Balaban J connectivity index is 2.02. The van der Waals surface area contributed by atoms with Gasteiger partial charge in [0.05, 0.1) is 28.8 Å². The fourth-order valence-corrected chi connectivity index (χ4v) is 1.93. The van der Waals surface area contributed by atoms with Gasteiger partial charge in [-0.15, -0.1) is 0 Å². The van der Waals surface area contributed by atoms with E-state index < -0.39 is 17.6 Å². The molecule has 3 aromatic rings. The number of rotatable bonds is 3. The van der Waals surface area contributed by atoms with Gasteiger partial charge in [-0.05, 0) is 24.3 Å². The van der Waals surface area contributed by atoms with E-state index in [4.69, 9.17) is 4.42 Å². The highest BCUT2D eigenvalue weighted by Crippen LogP contribution is 2.33. The maximum atomic E-state index is 12.9. The fraction of sp³-hybridized carbons (Fsp3) is 0.0714. The highest BCUT2D eigenvalue weighted by atomic mass is 19.4. The number of benzene rings is 1. The molecule has 0 saturated heterocycles. The first-order valence-corrected chi connectivity index (χ1v) is 6.35. The molecule has 0 spiro atoms. The van der Waals surface area contributed by atoms with Gasteiger partial charge in [-0.25, -0.2) is 9.67 Å². The van der Waals surface area contributed by atoms with Gasteiger partial charge in [0, 0.05) is 0 Å². The molecule has 2 aromatic heterocycles. The van der Waals surface area contributed by atoms with Crippen molar-refractivity contribution < 1.29 is 22.4 Å². The Hall–Kier alpha value is -3.10. The minimum absolute atomic E-state index is 0.0449. The molecule has 6 nitrogen and oxygen atoms in total. The molecular formula is C14H9F3N4O2. The summed E-state index contributed by atoms with van der Waals surface area (Å²) in [5.74, 6) is -0.598. The van der Waals surface area contributed by atoms with Gasteiger partial charge in [-0.2, -0.15) is 18.3 Å². The first-order valence-electron chi connectivity index (χ1n) is 6.35. The van der Waals surface area contributed by atoms with Gasteiger partial charge in [0.2, 0.25) is 0 Å². The first-order chi connectivity index (χ1) is 10.9. The average Bonchev–Trinajstić information content (AvgIpc) is 3.20. The second-order valence-electron chi connectivity index (χ2n) is 4.54. The number of furan rings is 1. The summed E-state index contributed by atoms with van der Waals surface area (Å²) in [5.41, 5.74) is -0.486. The van der Waals surface area contributed by atoms with Gasteiger partial charge in [0.15, 0.2) is 0 Å². The maximum absolute atomic E-state index is 12.9. The topological polar surface area (TPSA) is 73.0 Å². The molecule has 9 heteroatoms. The lowest BCUT2D eigenvalue weighted by Gasteiger charge is -2.14. The minimum atomic E-state index is -4.53. The molecule has 2 heterocycles. The predicted molar refractivity (Wildman–Crippen MR) is 73.0 cm³/mol. The first kappa shape index (κ1) is 14.8. The summed E-state index contributed by atoms with van der Waals surface area (Å²) >= 11 is 0. The molecule has 0 unspecified atom stereocenters. The summed E-state index contributed by atoms with van der Waals surface area (Å²) in [5, 5.41) is 6.29. The van der Waals surface area contributed by atoms with E-state index in [1.165, 1.54) is 42.0 Å². The van der Waals surface area contributed by atoms with Crippen molar-refractivity contribution in [2.24, 2.45) is 0 Å². The van der Waals surface area contributed by atoms with Crippen LogP contribution in [0.2, 0.25) is 0 Å². The molecule has 0 fully saturated rings. The number of anilines is 1. The lowest BCUT2D eigenvalue weighted by molar-refractivity contribution is -0.137. The Labute approximate surface area is 127 Å². The van der Waals surface area contributed by atoms with Gasteiger partial charge in [-0.3, -0.25) is 4.79 Å². The third-order valence-corrected chi connectivity index (χ3v) is 3.02. The molecule has 118 valence electrons. The van der Waals surface area contributed by atoms with Crippen LogP contribution in [0.3, 0.4) is 0 Å². The molecule has 0 aliphatic rings. The van der Waals surface area contributed by atoms with Crippen LogP contribution in [0.25, 0.3) is 5.69 Å². The number of aromatic nitrogens is 3. The Morgan fingerprint density at radius 2 is 2.09 bits per heavy atom. The van der Waals surface area contributed by atoms with E-state index in [-0.39, 0.29) is 16.9 Å². The van der Waals surface area contributed by atoms with Crippen LogP contribution in [0, 0.1) is 0 Å². The predicted octanol–water partition coefficient (Wildman–Crippen LogP) is 3.13. The van der Waals surface area contributed by atoms with Crippen LogP contribution >= 0.6 is 0 Å². The second-order valence-corrected chi connectivity index (χ2v) is 4.54. The van der Waals surface area contributed by atoms with Gasteiger partial charge in [0.25, 0.3) is 5.91 Å². The molecule has 0 saturated carbocycles. The van der Waals surface area contributed by atoms with Gasteiger partial charge in [0.1, 0.15) is 18.9 Å². The molecular weight excluding hydrogens is 313 g/mol. The Bertz CT molecular complexity index is 811. The average molecular weight is 322 g/mol. The maximum Gasteiger partial charge on any atom is 0.416 e. The lowest BCUT2D eigenvalue weighted by atomic mass is 10.1. The highest BCUT2D eigenvalue weighted by Gasteiger charge is 2.31. The molecule has 1 aromatic carbocycles. The van der Waals surface area contributed by atoms with Crippen LogP contribution in [0.1, 0.15) is 15.9 Å². The van der Waals surface area contributed by atoms with Crippen LogP contribution in [-0.4, -0.2) is 20.7 Å². The molecule has 0 atom stereocenters. The van der Waals surface area contributed by atoms with Crippen molar-refractivity contribution in [1.82, 2.24) is 14.8 Å². The summed E-state index contributed by atoms with van der Waals surface area (Å²) in [4.78, 5) is 15.8. The number of carbonyl (C=O) groups excluding carboxylic acids is 1. The minimum Gasteiger partial charge on any atom is -0.472 e. The van der Waals surface area contributed by atoms with Crippen LogP contribution < -0.4 is 5.32 Å². The van der Waals surface area contributed by atoms with Crippen molar-refractivity contribution >= 4 is 11.6 Å². The Morgan fingerprint density at radius 3 is 2.70 bits per heavy atom. The van der Waals surface area contributed by atoms with E-state index >= 15 is 0 Å². The largest absolute Gasteiger partial charge is 0.472 e.